The summed E-state index contributed by atoms with van der Waals surface area (Å²) < 4.78 is 1.35. The van der Waals surface area contributed by atoms with E-state index in [1.54, 1.807) is 11.6 Å². The highest BCUT2D eigenvalue weighted by Gasteiger charge is 2.43. The molecule has 18 heavy (non-hydrogen) atoms. The smallest absolute Gasteiger partial charge is 0.271 e. The number of hydrogen-bond donors (Lipinski definition) is 2. The molecule has 0 aromatic carbocycles. The number of carbonyl (C=O) groups is 1. The van der Waals surface area contributed by atoms with Crippen LogP contribution in [0.2, 0.25) is 0 Å². The lowest BCUT2D eigenvalue weighted by Crippen LogP contribution is -2.42. The third kappa shape index (κ3) is 1.72. The first-order valence-corrected chi connectivity index (χ1v) is 6.41. The Bertz CT molecular complexity index is 671. The van der Waals surface area contributed by atoms with Gasteiger partial charge in [-0.05, 0) is 12.8 Å². The molecule has 1 aliphatic carbocycles. The molecule has 0 saturated heterocycles. The fourth-order valence-electron chi connectivity index (χ4n) is 1.76. The van der Waals surface area contributed by atoms with E-state index < -0.39 is 11.4 Å². The predicted octanol–water partition coefficient (Wildman–Crippen LogP) is 0.0107. The Labute approximate surface area is 106 Å². The molecule has 2 aromatic rings. The van der Waals surface area contributed by atoms with Crippen molar-refractivity contribution in [3.8, 4) is 0 Å². The number of carbonyl (C=O) groups excluding carboxylic acids is 1. The summed E-state index contributed by atoms with van der Waals surface area (Å²) in [5.41, 5.74) is -0.907. The van der Waals surface area contributed by atoms with E-state index >= 15 is 0 Å². The van der Waals surface area contributed by atoms with Gasteiger partial charge in [-0.2, -0.15) is 0 Å². The Morgan fingerprint density at radius 2 is 2.39 bits per heavy atom. The van der Waals surface area contributed by atoms with E-state index in [1.807, 2.05) is 0 Å². The third-order valence-electron chi connectivity index (χ3n) is 3.12. The number of aliphatic hydroxyl groups is 1. The first-order chi connectivity index (χ1) is 8.65. The number of aliphatic hydroxyl groups excluding tert-OH is 1. The minimum Gasteiger partial charge on any atom is -0.394 e. The van der Waals surface area contributed by atoms with Gasteiger partial charge in [0.2, 0.25) is 0 Å². The first-order valence-electron chi connectivity index (χ1n) is 5.53. The monoisotopic (exact) mass is 265 g/mol. The zero-order chi connectivity index (χ0) is 12.8. The molecule has 94 valence electrons. The second-order valence-electron chi connectivity index (χ2n) is 4.43. The van der Waals surface area contributed by atoms with Gasteiger partial charge in [-0.3, -0.25) is 14.0 Å². The van der Waals surface area contributed by atoms with Crippen molar-refractivity contribution in [3.05, 3.63) is 33.7 Å². The molecule has 1 aliphatic rings. The molecule has 2 N–H and O–H groups in total. The number of nitrogens with zero attached hydrogens (tertiary/aromatic N) is 2. The third-order valence-corrected chi connectivity index (χ3v) is 3.89. The summed E-state index contributed by atoms with van der Waals surface area (Å²) in [6.45, 7) is -0.103. The maximum atomic E-state index is 12.0. The number of amides is 1. The van der Waals surface area contributed by atoms with E-state index in [0.29, 0.717) is 4.96 Å². The molecule has 2 aromatic heterocycles. The van der Waals surface area contributed by atoms with E-state index in [4.69, 9.17) is 5.11 Å². The number of aromatic nitrogens is 2. The van der Waals surface area contributed by atoms with Crippen molar-refractivity contribution in [2.45, 2.75) is 18.4 Å². The van der Waals surface area contributed by atoms with Crippen LogP contribution in [-0.2, 0) is 0 Å². The van der Waals surface area contributed by atoms with Crippen LogP contribution in [-0.4, -0.2) is 32.5 Å². The summed E-state index contributed by atoms with van der Waals surface area (Å²) in [7, 11) is 0. The number of fused-ring (bicyclic) bond motifs is 1. The topological polar surface area (TPSA) is 83.7 Å². The Morgan fingerprint density at radius 1 is 1.61 bits per heavy atom. The van der Waals surface area contributed by atoms with Gasteiger partial charge in [0.15, 0.2) is 4.96 Å². The van der Waals surface area contributed by atoms with Crippen molar-refractivity contribution in [2.75, 3.05) is 6.61 Å². The molecule has 0 radical (unpaired) electrons. The van der Waals surface area contributed by atoms with Gasteiger partial charge in [-0.1, -0.05) is 0 Å². The molecule has 0 aliphatic heterocycles. The predicted molar refractivity (Wildman–Crippen MR) is 65.9 cm³/mol. The highest BCUT2D eigenvalue weighted by molar-refractivity contribution is 7.15. The lowest BCUT2D eigenvalue weighted by molar-refractivity contribution is 0.0904. The Balaban J connectivity index is 1.96. The van der Waals surface area contributed by atoms with Crippen LogP contribution >= 0.6 is 11.3 Å². The summed E-state index contributed by atoms with van der Waals surface area (Å²) >= 11 is 1.33. The number of hydrogen-bond acceptors (Lipinski definition) is 5. The van der Waals surface area contributed by atoms with Crippen LogP contribution in [0.5, 0.6) is 0 Å². The zero-order valence-electron chi connectivity index (χ0n) is 9.42. The minimum atomic E-state index is -0.530. The van der Waals surface area contributed by atoms with Crippen LogP contribution in [0.15, 0.2) is 22.6 Å². The number of rotatable bonds is 3. The van der Waals surface area contributed by atoms with Crippen LogP contribution in [0, 0.1) is 0 Å². The lowest BCUT2D eigenvalue weighted by atomic mass is 10.2. The average Bonchev–Trinajstić information content (AvgIpc) is 2.96. The van der Waals surface area contributed by atoms with Crippen LogP contribution in [0.25, 0.3) is 4.96 Å². The van der Waals surface area contributed by atoms with Crippen LogP contribution in [0.1, 0.15) is 23.2 Å². The summed E-state index contributed by atoms with van der Waals surface area (Å²) in [6, 6.07) is 0. The van der Waals surface area contributed by atoms with Crippen molar-refractivity contribution in [2.24, 2.45) is 0 Å². The zero-order valence-corrected chi connectivity index (χ0v) is 10.2. The normalized spacial score (nSPS) is 16.7. The van der Waals surface area contributed by atoms with Gasteiger partial charge in [-0.25, -0.2) is 4.98 Å². The van der Waals surface area contributed by atoms with Crippen molar-refractivity contribution in [3.63, 3.8) is 0 Å². The van der Waals surface area contributed by atoms with Crippen molar-refractivity contribution in [1.29, 1.82) is 0 Å². The second-order valence-corrected chi connectivity index (χ2v) is 5.30. The molecule has 1 amide bonds. The molecule has 1 fully saturated rings. The Kier molecular flexibility index (Phi) is 2.46. The van der Waals surface area contributed by atoms with E-state index in [0.717, 1.165) is 12.8 Å². The van der Waals surface area contributed by atoms with Crippen LogP contribution in [0.4, 0.5) is 0 Å². The summed E-state index contributed by atoms with van der Waals surface area (Å²) in [4.78, 5) is 28.6. The van der Waals surface area contributed by atoms with Gasteiger partial charge in [0.1, 0.15) is 5.56 Å². The highest BCUT2D eigenvalue weighted by Crippen LogP contribution is 2.34. The molecule has 0 atom stereocenters. The molecule has 7 heteroatoms. The molecule has 0 bridgehead atoms. The molecule has 1 saturated carbocycles. The molecular formula is C11H11N3O3S. The quantitative estimate of drug-likeness (QED) is 0.819. The largest absolute Gasteiger partial charge is 0.394 e. The van der Waals surface area contributed by atoms with Gasteiger partial charge in [0.25, 0.3) is 11.5 Å². The van der Waals surface area contributed by atoms with Crippen molar-refractivity contribution >= 4 is 22.2 Å². The fraction of sp³-hybridized carbons (Fsp3) is 0.364. The molecular weight excluding hydrogens is 254 g/mol. The van der Waals surface area contributed by atoms with Gasteiger partial charge in [-0.15, -0.1) is 11.3 Å². The SMILES string of the molecule is O=C(NC1(CO)CC1)c1cnc2sccn2c1=O. The molecule has 0 spiro atoms. The first kappa shape index (κ1) is 11.4. The molecule has 3 rings (SSSR count). The van der Waals surface area contributed by atoms with Crippen LogP contribution in [0.3, 0.4) is 0 Å². The molecule has 6 nitrogen and oxygen atoms in total. The summed E-state index contributed by atoms with van der Waals surface area (Å²) in [5, 5.41) is 13.6. The van der Waals surface area contributed by atoms with Gasteiger partial charge in [0.05, 0.1) is 12.1 Å². The summed E-state index contributed by atoms with van der Waals surface area (Å²) in [5.74, 6) is -0.473. The second kappa shape index (κ2) is 3.89. The Hall–Kier alpha value is -1.73. The van der Waals surface area contributed by atoms with Crippen LogP contribution < -0.4 is 10.9 Å². The van der Waals surface area contributed by atoms with Gasteiger partial charge < -0.3 is 10.4 Å². The highest BCUT2D eigenvalue weighted by atomic mass is 32.1. The van der Waals surface area contributed by atoms with E-state index in [2.05, 4.69) is 10.3 Å². The maximum Gasteiger partial charge on any atom is 0.271 e. The lowest BCUT2D eigenvalue weighted by Gasteiger charge is -2.13. The fourth-order valence-corrected chi connectivity index (χ4v) is 2.44. The van der Waals surface area contributed by atoms with Crippen molar-refractivity contribution < 1.29 is 9.90 Å². The van der Waals surface area contributed by atoms with Gasteiger partial charge >= 0.3 is 0 Å². The van der Waals surface area contributed by atoms with Gasteiger partial charge in [0, 0.05) is 17.8 Å². The van der Waals surface area contributed by atoms with E-state index in [9.17, 15) is 9.59 Å². The van der Waals surface area contributed by atoms with E-state index in [1.165, 1.54) is 21.9 Å². The number of nitrogens with one attached hydrogen (secondary N) is 1. The minimum absolute atomic E-state index is 0.00521. The molecule has 0 unspecified atom stereocenters. The maximum absolute atomic E-state index is 12.0. The molecule has 2 heterocycles. The van der Waals surface area contributed by atoms with Crippen molar-refractivity contribution in [1.82, 2.24) is 14.7 Å². The van der Waals surface area contributed by atoms with E-state index in [-0.39, 0.29) is 17.7 Å². The number of thiazole rings is 1. The summed E-state index contributed by atoms with van der Waals surface area (Å²) in [6.07, 6.45) is 4.36. The Morgan fingerprint density at radius 3 is 3.06 bits per heavy atom. The standard InChI is InChI=1S/C11H11N3O3S/c15-6-11(1-2-11)13-8(16)7-5-12-10-14(9(7)17)3-4-18-10/h3-5,15H,1-2,6H2,(H,13,16). The average molecular weight is 265 g/mol.